The lowest BCUT2D eigenvalue weighted by molar-refractivity contribution is -0.137. The molecule has 5 nitrogen and oxygen atoms in total. The molecule has 0 saturated carbocycles. The van der Waals surface area contributed by atoms with Gasteiger partial charge in [0.1, 0.15) is 22.5 Å². The summed E-state index contributed by atoms with van der Waals surface area (Å²) in [5.41, 5.74) is 0.201. The standard InChI is InChI=1S/C14H10F3N3O2/c15-14(16,17)9-2-3-10-11(6-9)19-20(18-10)12-5-8(7-21)1-4-13(12)22/h1-6,21-22H,7H2. The molecule has 2 N–H and O–H groups in total. The fraction of sp³-hybridized carbons (Fsp3) is 0.143. The predicted octanol–water partition coefficient (Wildman–Crippen LogP) is 2.64. The topological polar surface area (TPSA) is 71.2 Å². The molecule has 0 spiro atoms. The lowest BCUT2D eigenvalue weighted by Gasteiger charge is -2.04. The molecule has 0 radical (unpaired) electrons. The smallest absolute Gasteiger partial charge is 0.416 e. The number of rotatable bonds is 2. The zero-order valence-electron chi connectivity index (χ0n) is 11.0. The van der Waals surface area contributed by atoms with Crippen molar-refractivity contribution >= 4 is 11.0 Å². The van der Waals surface area contributed by atoms with Gasteiger partial charge in [-0.25, -0.2) is 0 Å². The third-order valence-electron chi connectivity index (χ3n) is 3.15. The number of hydrogen-bond acceptors (Lipinski definition) is 4. The summed E-state index contributed by atoms with van der Waals surface area (Å²) in [4.78, 5) is 1.04. The van der Waals surface area contributed by atoms with E-state index in [1.54, 1.807) is 0 Å². The molecule has 114 valence electrons. The number of fused-ring (bicyclic) bond motifs is 1. The average Bonchev–Trinajstić information content (AvgIpc) is 2.89. The van der Waals surface area contributed by atoms with Gasteiger partial charge in [0.2, 0.25) is 0 Å². The number of halogens is 3. The average molecular weight is 309 g/mol. The van der Waals surface area contributed by atoms with E-state index in [1.165, 1.54) is 24.3 Å². The second-order valence-electron chi connectivity index (χ2n) is 4.67. The third-order valence-corrected chi connectivity index (χ3v) is 3.15. The fourth-order valence-electron chi connectivity index (χ4n) is 2.03. The zero-order chi connectivity index (χ0) is 15.9. The van der Waals surface area contributed by atoms with Crippen molar-refractivity contribution in [3.05, 3.63) is 47.5 Å². The Bertz CT molecular complexity index is 843. The van der Waals surface area contributed by atoms with Crippen molar-refractivity contribution in [3.63, 3.8) is 0 Å². The molecule has 0 fully saturated rings. The van der Waals surface area contributed by atoms with Crippen LogP contribution in [-0.4, -0.2) is 25.2 Å². The number of aromatic nitrogens is 3. The zero-order valence-corrected chi connectivity index (χ0v) is 11.0. The van der Waals surface area contributed by atoms with Crippen LogP contribution in [0.15, 0.2) is 36.4 Å². The number of nitrogens with zero attached hydrogens (tertiary/aromatic N) is 3. The van der Waals surface area contributed by atoms with E-state index in [0.29, 0.717) is 5.56 Å². The Morgan fingerprint density at radius 3 is 2.41 bits per heavy atom. The molecule has 0 atom stereocenters. The lowest BCUT2D eigenvalue weighted by Crippen LogP contribution is -2.04. The number of phenolic OH excluding ortho intramolecular Hbond substituents is 1. The van der Waals surface area contributed by atoms with Crippen LogP contribution in [0.3, 0.4) is 0 Å². The van der Waals surface area contributed by atoms with Crippen LogP contribution >= 0.6 is 0 Å². The molecule has 0 aliphatic heterocycles. The van der Waals surface area contributed by atoms with Gasteiger partial charge in [-0.15, -0.1) is 15.0 Å². The van der Waals surface area contributed by atoms with Crippen LogP contribution < -0.4 is 0 Å². The summed E-state index contributed by atoms with van der Waals surface area (Å²) < 4.78 is 38.1. The maximum absolute atomic E-state index is 12.7. The molecule has 0 saturated heterocycles. The van der Waals surface area contributed by atoms with Crippen molar-refractivity contribution in [2.45, 2.75) is 12.8 Å². The van der Waals surface area contributed by atoms with Gasteiger partial charge in [-0.3, -0.25) is 0 Å². The molecule has 0 bridgehead atoms. The number of aliphatic hydroxyl groups excluding tert-OH is 1. The van der Waals surface area contributed by atoms with Crippen molar-refractivity contribution in [3.8, 4) is 11.4 Å². The van der Waals surface area contributed by atoms with Crippen LogP contribution in [0.2, 0.25) is 0 Å². The molecule has 1 aromatic heterocycles. The summed E-state index contributed by atoms with van der Waals surface area (Å²) in [5, 5.41) is 26.9. The molecule has 22 heavy (non-hydrogen) atoms. The van der Waals surface area contributed by atoms with Gasteiger partial charge in [0, 0.05) is 0 Å². The van der Waals surface area contributed by atoms with Gasteiger partial charge < -0.3 is 10.2 Å². The van der Waals surface area contributed by atoms with Crippen LogP contribution in [0.5, 0.6) is 5.75 Å². The fourth-order valence-corrected chi connectivity index (χ4v) is 2.03. The molecule has 0 aliphatic rings. The van der Waals surface area contributed by atoms with Gasteiger partial charge >= 0.3 is 6.18 Å². The quantitative estimate of drug-likeness (QED) is 0.763. The molecular weight excluding hydrogens is 299 g/mol. The van der Waals surface area contributed by atoms with Crippen molar-refractivity contribution in [2.24, 2.45) is 0 Å². The molecular formula is C14H10F3N3O2. The van der Waals surface area contributed by atoms with Crippen molar-refractivity contribution in [1.29, 1.82) is 0 Å². The Morgan fingerprint density at radius 1 is 1.00 bits per heavy atom. The monoisotopic (exact) mass is 309 g/mol. The minimum Gasteiger partial charge on any atom is -0.506 e. The van der Waals surface area contributed by atoms with E-state index in [9.17, 15) is 18.3 Å². The first kappa shape index (κ1) is 14.3. The summed E-state index contributed by atoms with van der Waals surface area (Å²) in [7, 11) is 0. The number of benzene rings is 2. The molecule has 3 aromatic rings. The summed E-state index contributed by atoms with van der Waals surface area (Å²) in [6, 6.07) is 7.37. The molecule has 1 heterocycles. The van der Waals surface area contributed by atoms with Gasteiger partial charge in [0.05, 0.1) is 12.2 Å². The maximum Gasteiger partial charge on any atom is 0.416 e. The molecule has 0 amide bonds. The highest BCUT2D eigenvalue weighted by atomic mass is 19.4. The van der Waals surface area contributed by atoms with Gasteiger partial charge in [-0.2, -0.15) is 13.2 Å². The first-order valence-electron chi connectivity index (χ1n) is 6.26. The van der Waals surface area contributed by atoms with Crippen molar-refractivity contribution < 1.29 is 23.4 Å². The van der Waals surface area contributed by atoms with E-state index < -0.39 is 11.7 Å². The summed E-state index contributed by atoms with van der Waals surface area (Å²) in [5.74, 6) is -0.145. The molecule has 8 heteroatoms. The summed E-state index contributed by atoms with van der Waals surface area (Å²) in [6.07, 6.45) is -4.46. The number of aliphatic hydroxyl groups is 1. The van der Waals surface area contributed by atoms with Gasteiger partial charge in [0.25, 0.3) is 0 Å². The Balaban J connectivity index is 2.13. The van der Waals surface area contributed by atoms with Crippen LogP contribution in [0.25, 0.3) is 16.7 Å². The van der Waals surface area contributed by atoms with E-state index in [0.717, 1.165) is 16.9 Å². The first-order chi connectivity index (χ1) is 10.4. The lowest BCUT2D eigenvalue weighted by atomic mass is 10.2. The largest absolute Gasteiger partial charge is 0.506 e. The Hall–Kier alpha value is -2.61. The molecule has 0 unspecified atom stereocenters. The van der Waals surface area contributed by atoms with E-state index in [4.69, 9.17) is 5.11 Å². The highest BCUT2D eigenvalue weighted by molar-refractivity contribution is 5.75. The molecule has 2 aromatic carbocycles. The highest BCUT2D eigenvalue weighted by Crippen LogP contribution is 2.31. The van der Waals surface area contributed by atoms with Crippen LogP contribution in [0.1, 0.15) is 11.1 Å². The Labute approximate surface area is 122 Å². The van der Waals surface area contributed by atoms with E-state index in [2.05, 4.69) is 10.2 Å². The SMILES string of the molecule is OCc1ccc(O)c(-n2nc3ccc(C(F)(F)F)cc3n2)c1. The minimum atomic E-state index is -4.46. The maximum atomic E-state index is 12.7. The predicted molar refractivity (Wildman–Crippen MR) is 71.5 cm³/mol. The van der Waals surface area contributed by atoms with E-state index >= 15 is 0 Å². The number of alkyl halides is 3. The Morgan fingerprint density at radius 2 is 1.73 bits per heavy atom. The number of aromatic hydroxyl groups is 1. The van der Waals surface area contributed by atoms with Gasteiger partial charge in [-0.1, -0.05) is 6.07 Å². The minimum absolute atomic E-state index is 0.0589. The van der Waals surface area contributed by atoms with Crippen LogP contribution in [0.4, 0.5) is 13.2 Å². The molecule has 3 rings (SSSR count). The second kappa shape index (κ2) is 4.99. The number of phenols is 1. The van der Waals surface area contributed by atoms with E-state index in [-0.39, 0.29) is 29.1 Å². The van der Waals surface area contributed by atoms with Crippen LogP contribution in [0, 0.1) is 0 Å². The van der Waals surface area contributed by atoms with Crippen molar-refractivity contribution in [1.82, 2.24) is 15.0 Å². The van der Waals surface area contributed by atoms with E-state index in [1.807, 2.05) is 0 Å². The highest BCUT2D eigenvalue weighted by Gasteiger charge is 2.31. The summed E-state index contributed by atoms with van der Waals surface area (Å²) >= 11 is 0. The van der Waals surface area contributed by atoms with Gasteiger partial charge in [0.15, 0.2) is 0 Å². The Kier molecular flexibility index (Phi) is 3.25. The summed E-state index contributed by atoms with van der Waals surface area (Å²) in [6.45, 7) is -0.244. The molecule has 0 aliphatic carbocycles. The van der Waals surface area contributed by atoms with Gasteiger partial charge in [-0.05, 0) is 35.9 Å². The first-order valence-corrected chi connectivity index (χ1v) is 6.26. The second-order valence-corrected chi connectivity index (χ2v) is 4.67. The van der Waals surface area contributed by atoms with Crippen LogP contribution in [-0.2, 0) is 12.8 Å². The normalized spacial score (nSPS) is 12.0. The number of hydrogen-bond donors (Lipinski definition) is 2. The van der Waals surface area contributed by atoms with Crippen molar-refractivity contribution in [2.75, 3.05) is 0 Å². The third kappa shape index (κ3) is 2.48.